The molecule has 0 aromatic rings. The van der Waals surface area contributed by atoms with Gasteiger partial charge in [-0.05, 0) is 44.8 Å². The number of hydrogen-bond donors (Lipinski definition) is 1. The molecule has 2 fully saturated rings. The van der Waals surface area contributed by atoms with Gasteiger partial charge in [0.15, 0.2) is 0 Å². The summed E-state index contributed by atoms with van der Waals surface area (Å²) in [5.74, 6) is -4.20. The number of aliphatic hydroxyl groups excluding tert-OH is 1. The Morgan fingerprint density at radius 2 is 1.85 bits per heavy atom. The lowest BCUT2D eigenvalue weighted by Crippen LogP contribution is -2.53. The third-order valence-electron chi connectivity index (χ3n) is 6.87. The molecule has 9 nitrogen and oxygen atoms in total. The second-order valence-corrected chi connectivity index (χ2v) is 9.11. The Morgan fingerprint density at radius 1 is 1.21 bits per heavy atom. The van der Waals surface area contributed by atoms with Crippen molar-refractivity contribution >= 4 is 23.9 Å². The standard InChI is InChI=1S/C24H30O9/c1-10-8-18(31-23(29)24(7,33-15(6)26)13(4)30-14(5)25)20-12(3)22(28)32-21(20)19-11(2)17(27)9-16(10)19/h8,13,16-21,27H,2-3,9H2,1,4-7H3. The lowest BCUT2D eigenvalue weighted by molar-refractivity contribution is -0.200. The summed E-state index contributed by atoms with van der Waals surface area (Å²) in [7, 11) is 0. The lowest BCUT2D eigenvalue weighted by atomic mass is 9.80. The van der Waals surface area contributed by atoms with Crippen LogP contribution in [0.5, 0.6) is 0 Å². The lowest BCUT2D eigenvalue weighted by Gasteiger charge is -2.34. The normalized spacial score (nSPS) is 33.5. The van der Waals surface area contributed by atoms with E-state index < -0.39 is 59.8 Å². The molecule has 1 aliphatic heterocycles. The van der Waals surface area contributed by atoms with Gasteiger partial charge >= 0.3 is 23.9 Å². The van der Waals surface area contributed by atoms with E-state index >= 15 is 0 Å². The molecule has 1 saturated heterocycles. The predicted molar refractivity (Wildman–Crippen MR) is 114 cm³/mol. The van der Waals surface area contributed by atoms with E-state index in [1.54, 1.807) is 6.08 Å². The van der Waals surface area contributed by atoms with Gasteiger partial charge in [-0.15, -0.1) is 0 Å². The van der Waals surface area contributed by atoms with E-state index in [4.69, 9.17) is 18.9 Å². The Kier molecular flexibility index (Phi) is 6.57. The quantitative estimate of drug-likeness (QED) is 0.282. The molecule has 0 radical (unpaired) electrons. The van der Waals surface area contributed by atoms with Crippen molar-refractivity contribution in [3.05, 3.63) is 36.0 Å². The van der Waals surface area contributed by atoms with E-state index in [0.717, 1.165) is 12.5 Å². The molecule has 3 rings (SSSR count). The zero-order valence-electron chi connectivity index (χ0n) is 19.5. The average Bonchev–Trinajstić information content (AvgIpc) is 3.11. The van der Waals surface area contributed by atoms with E-state index in [9.17, 15) is 24.3 Å². The van der Waals surface area contributed by atoms with Gasteiger partial charge in [-0.1, -0.05) is 18.7 Å². The average molecular weight is 462 g/mol. The monoisotopic (exact) mass is 462 g/mol. The summed E-state index contributed by atoms with van der Waals surface area (Å²) in [5.41, 5.74) is -0.387. The van der Waals surface area contributed by atoms with E-state index in [2.05, 4.69) is 13.2 Å². The molecule has 1 N–H and O–H groups in total. The number of aliphatic hydroxyl groups is 1. The summed E-state index contributed by atoms with van der Waals surface area (Å²) >= 11 is 0. The maximum Gasteiger partial charge on any atom is 0.354 e. The highest BCUT2D eigenvalue weighted by Gasteiger charge is 2.57. The predicted octanol–water partition coefficient (Wildman–Crippen LogP) is 1.78. The number of rotatable bonds is 5. The van der Waals surface area contributed by atoms with Gasteiger partial charge in [0.05, 0.1) is 12.0 Å². The minimum Gasteiger partial charge on any atom is -0.458 e. The molecule has 33 heavy (non-hydrogen) atoms. The summed E-state index contributed by atoms with van der Waals surface area (Å²) in [5, 5.41) is 10.4. The number of allylic oxidation sites excluding steroid dienone is 1. The number of hydrogen-bond acceptors (Lipinski definition) is 9. The largest absolute Gasteiger partial charge is 0.458 e. The van der Waals surface area contributed by atoms with E-state index in [1.807, 2.05) is 6.92 Å². The van der Waals surface area contributed by atoms with Crippen molar-refractivity contribution < 1.29 is 43.2 Å². The fourth-order valence-corrected chi connectivity index (χ4v) is 5.00. The van der Waals surface area contributed by atoms with Crippen LogP contribution in [0.2, 0.25) is 0 Å². The van der Waals surface area contributed by atoms with Crippen LogP contribution in [0.15, 0.2) is 36.0 Å². The first kappa shape index (κ1) is 24.7. The Morgan fingerprint density at radius 3 is 2.42 bits per heavy atom. The minimum atomic E-state index is -1.93. The van der Waals surface area contributed by atoms with Crippen LogP contribution in [0.1, 0.15) is 41.0 Å². The summed E-state index contributed by atoms with van der Waals surface area (Å²) in [4.78, 5) is 48.9. The summed E-state index contributed by atoms with van der Waals surface area (Å²) < 4.78 is 21.8. The topological polar surface area (TPSA) is 125 Å². The first-order valence-electron chi connectivity index (χ1n) is 10.8. The van der Waals surface area contributed by atoms with Crippen LogP contribution in [0.25, 0.3) is 0 Å². The summed E-state index contributed by atoms with van der Waals surface area (Å²) in [6, 6.07) is 0. The molecule has 8 atom stereocenters. The molecular formula is C24H30O9. The van der Waals surface area contributed by atoms with E-state index in [-0.39, 0.29) is 17.4 Å². The molecule has 0 spiro atoms. The van der Waals surface area contributed by atoms with Crippen molar-refractivity contribution in [2.75, 3.05) is 0 Å². The molecule has 1 saturated carbocycles. The van der Waals surface area contributed by atoms with Gasteiger partial charge in [-0.3, -0.25) is 9.59 Å². The van der Waals surface area contributed by atoms with Crippen LogP contribution in [-0.2, 0) is 38.1 Å². The van der Waals surface area contributed by atoms with Crippen molar-refractivity contribution in [2.24, 2.45) is 17.8 Å². The van der Waals surface area contributed by atoms with Crippen LogP contribution < -0.4 is 0 Å². The molecule has 1 heterocycles. The van der Waals surface area contributed by atoms with Gasteiger partial charge in [-0.25, -0.2) is 9.59 Å². The van der Waals surface area contributed by atoms with Gasteiger partial charge in [0.2, 0.25) is 5.60 Å². The smallest absolute Gasteiger partial charge is 0.354 e. The van der Waals surface area contributed by atoms with Crippen molar-refractivity contribution in [1.29, 1.82) is 0 Å². The molecule has 0 aromatic heterocycles. The first-order valence-corrected chi connectivity index (χ1v) is 10.8. The van der Waals surface area contributed by atoms with Crippen LogP contribution in [0.4, 0.5) is 0 Å². The second kappa shape index (κ2) is 8.78. The number of fused-ring (bicyclic) bond motifs is 3. The molecule has 9 heteroatoms. The first-order chi connectivity index (χ1) is 15.3. The maximum atomic E-state index is 13.3. The number of carbonyl (C=O) groups is 4. The van der Waals surface area contributed by atoms with E-state index in [1.165, 1.54) is 20.8 Å². The van der Waals surface area contributed by atoms with Crippen molar-refractivity contribution in [1.82, 2.24) is 0 Å². The Bertz CT molecular complexity index is 948. The van der Waals surface area contributed by atoms with Crippen molar-refractivity contribution in [3.63, 3.8) is 0 Å². The highest BCUT2D eigenvalue weighted by Crippen LogP contribution is 2.51. The summed E-state index contributed by atoms with van der Waals surface area (Å²) in [6.45, 7) is 14.7. The van der Waals surface area contributed by atoms with E-state index in [0.29, 0.717) is 12.0 Å². The number of esters is 4. The van der Waals surface area contributed by atoms with Gasteiger partial charge in [0.1, 0.15) is 18.3 Å². The number of ether oxygens (including phenoxy) is 4. The van der Waals surface area contributed by atoms with Gasteiger partial charge in [-0.2, -0.15) is 0 Å². The van der Waals surface area contributed by atoms with Gasteiger partial charge in [0, 0.05) is 25.3 Å². The molecule has 0 aromatic carbocycles. The number of carbonyl (C=O) groups excluding carboxylic acids is 4. The maximum absolute atomic E-state index is 13.3. The second-order valence-electron chi connectivity index (χ2n) is 9.11. The Balaban J connectivity index is 1.98. The zero-order chi connectivity index (χ0) is 24.8. The molecule has 8 unspecified atom stereocenters. The zero-order valence-corrected chi connectivity index (χ0v) is 19.5. The third kappa shape index (κ3) is 4.34. The molecular weight excluding hydrogens is 432 g/mol. The van der Waals surface area contributed by atoms with Crippen molar-refractivity contribution in [3.8, 4) is 0 Å². The highest BCUT2D eigenvalue weighted by atomic mass is 16.6. The summed E-state index contributed by atoms with van der Waals surface area (Å²) in [6.07, 6.45) is -1.43. The Hall–Kier alpha value is -2.94. The molecule has 0 bridgehead atoms. The molecule has 0 amide bonds. The fourth-order valence-electron chi connectivity index (χ4n) is 5.00. The van der Waals surface area contributed by atoms with Crippen LogP contribution in [0, 0.1) is 17.8 Å². The molecule has 2 aliphatic carbocycles. The van der Waals surface area contributed by atoms with Crippen molar-refractivity contribution in [2.45, 2.75) is 71.1 Å². The SMILES string of the molecule is C=C1C(=O)OC2C1C(OC(=O)C(C)(OC(C)=O)C(C)OC(C)=O)C=C(C)C1CC(O)C(=C)C12. The van der Waals surface area contributed by atoms with Gasteiger partial charge < -0.3 is 24.1 Å². The van der Waals surface area contributed by atoms with Crippen LogP contribution in [0.3, 0.4) is 0 Å². The highest BCUT2D eigenvalue weighted by molar-refractivity contribution is 5.91. The Labute approximate surface area is 192 Å². The molecule has 180 valence electrons. The molecule has 3 aliphatic rings. The van der Waals surface area contributed by atoms with Gasteiger partial charge in [0.25, 0.3) is 0 Å². The minimum absolute atomic E-state index is 0.138. The third-order valence-corrected chi connectivity index (χ3v) is 6.87. The van der Waals surface area contributed by atoms with Crippen LogP contribution >= 0.6 is 0 Å². The van der Waals surface area contributed by atoms with Crippen LogP contribution in [-0.4, -0.2) is 59.0 Å². The fraction of sp³-hybridized carbons (Fsp3) is 0.583.